The van der Waals surface area contributed by atoms with Crippen LogP contribution < -0.4 is 10.5 Å². The van der Waals surface area contributed by atoms with E-state index in [1.807, 2.05) is 36.1 Å². The van der Waals surface area contributed by atoms with Crippen molar-refractivity contribution in [2.75, 3.05) is 26.7 Å². The number of rotatable bonds is 5. The summed E-state index contributed by atoms with van der Waals surface area (Å²) in [4.78, 5) is 14.6. The number of aryl methyl sites for hydroxylation is 1. The van der Waals surface area contributed by atoms with E-state index in [-0.39, 0.29) is 11.8 Å². The molecule has 0 radical (unpaired) electrons. The standard InChI is InChI=1S/C22H25N3O2/c1-15-11-17(6-7-18(15)22(26)25-9-3-4-10-25)20(14-24)19-12-16(13-23)5-8-21(19)27-2/h5-8,11-12,20H,3-4,9-10,14,24H2,1-2H3. The number of likely N-dealkylation sites (tertiary alicyclic amines) is 1. The van der Waals surface area contributed by atoms with Crippen LogP contribution in [0, 0.1) is 18.3 Å². The summed E-state index contributed by atoms with van der Waals surface area (Å²) in [7, 11) is 1.61. The fraction of sp³-hybridized carbons (Fsp3) is 0.364. The first-order valence-electron chi connectivity index (χ1n) is 9.27. The Morgan fingerprint density at radius 3 is 2.59 bits per heavy atom. The Hall–Kier alpha value is -2.84. The molecule has 2 N–H and O–H groups in total. The van der Waals surface area contributed by atoms with Gasteiger partial charge < -0.3 is 15.4 Å². The lowest BCUT2D eigenvalue weighted by Crippen LogP contribution is -2.28. The van der Waals surface area contributed by atoms with Gasteiger partial charge in [0, 0.05) is 36.7 Å². The quantitative estimate of drug-likeness (QED) is 0.885. The number of benzene rings is 2. The number of carbonyl (C=O) groups excluding carboxylic acids is 1. The molecule has 0 spiro atoms. The lowest BCUT2D eigenvalue weighted by Gasteiger charge is -2.21. The Balaban J connectivity index is 1.96. The highest BCUT2D eigenvalue weighted by molar-refractivity contribution is 5.95. The molecule has 0 bridgehead atoms. The van der Waals surface area contributed by atoms with Crippen molar-refractivity contribution in [3.63, 3.8) is 0 Å². The maximum atomic E-state index is 12.7. The summed E-state index contributed by atoms with van der Waals surface area (Å²) in [5.41, 5.74) is 10.2. The third-order valence-corrected chi connectivity index (χ3v) is 5.25. The number of nitrogens with two attached hydrogens (primary N) is 1. The highest BCUT2D eigenvalue weighted by Crippen LogP contribution is 2.33. The van der Waals surface area contributed by atoms with E-state index in [0.29, 0.717) is 17.9 Å². The van der Waals surface area contributed by atoms with Gasteiger partial charge in [-0.05, 0) is 55.2 Å². The Morgan fingerprint density at radius 2 is 2.00 bits per heavy atom. The van der Waals surface area contributed by atoms with E-state index in [1.165, 1.54) is 0 Å². The summed E-state index contributed by atoms with van der Waals surface area (Å²) < 4.78 is 5.48. The molecule has 1 amide bonds. The van der Waals surface area contributed by atoms with E-state index in [0.717, 1.165) is 48.2 Å². The van der Waals surface area contributed by atoms with Crippen LogP contribution in [0.15, 0.2) is 36.4 Å². The van der Waals surface area contributed by atoms with E-state index in [1.54, 1.807) is 19.2 Å². The SMILES string of the molecule is COc1ccc(C#N)cc1C(CN)c1ccc(C(=O)N2CCCC2)c(C)c1. The molecule has 1 aliphatic heterocycles. The van der Waals surface area contributed by atoms with Gasteiger partial charge in [0.1, 0.15) is 5.75 Å². The third-order valence-electron chi connectivity index (χ3n) is 5.25. The number of methoxy groups -OCH3 is 1. The Labute approximate surface area is 160 Å². The zero-order valence-corrected chi connectivity index (χ0v) is 15.9. The second kappa shape index (κ2) is 8.24. The molecule has 0 aromatic heterocycles. The fourth-order valence-corrected chi connectivity index (χ4v) is 3.75. The number of carbonyl (C=O) groups is 1. The molecule has 140 valence electrons. The molecule has 27 heavy (non-hydrogen) atoms. The Bertz CT molecular complexity index is 880. The molecule has 1 unspecified atom stereocenters. The molecule has 1 aliphatic rings. The van der Waals surface area contributed by atoms with Gasteiger partial charge in [0.15, 0.2) is 0 Å². The van der Waals surface area contributed by atoms with Gasteiger partial charge in [-0.15, -0.1) is 0 Å². The van der Waals surface area contributed by atoms with E-state index in [4.69, 9.17) is 10.5 Å². The average Bonchev–Trinajstić information content (AvgIpc) is 3.23. The molecule has 5 heteroatoms. The molecule has 2 aromatic carbocycles. The summed E-state index contributed by atoms with van der Waals surface area (Å²) in [6, 6.07) is 13.4. The summed E-state index contributed by atoms with van der Waals surface area (Å²) in [5.74, 6) is 0.701. The highest BCUT2D eigenvalue weighted by Gasteiger charge is 2.23. The fourth-order valence-electron chi connectivity index (χ4n) is 3.75. The van der Waals surface area contributed by atoms with Crippen molar-refractivity contribution in [2.24, 2.45) is 5.73 Å². The van der Waals surface area contributed by atoms with Crippen molar-refractivity contribution in [1.29, 1.82) is 5.26 Å². The summed E-state index contributed by atoms with van der Waals surface area (Å²) in [5, 5.41) is 9.23. The van der Waals surface area contributed by atoms with Crippen molar-refractivity contribution < 1.29 is 9.53 Å². The maximum absolute atomic E-state index is 12.7. The number of hydrogen-bond acceptors (Lipinski definition) is 4. The third kappa shape index (κ3) is 3.81. The van der Waals surface area contributed by atoms with Gasteiger partial charge >= 0.3 is 0 Å². The van der Waals surface area contributed by atoms with Crippen LogP contribution in [0.1, 0.15) is 51.4 Å². The zero-order valence-electron chi connectivity index (χ0n) is 15.9. The smallest absolute Gasteiger partial charge is 0.254 e. The predicted molar refractivity (Wildman–Crippen MR) is 105 cm³/mol. The summed E-state index contributed by atoms with van der Waals surface area (Å²) in [6.45, 7) is 4.01. The maximum Gasteiger partial charge on any atom is 0.254 e. The molecule has 2 aromatic rings. The second-order valence-electron chi connectivity index (χ2n) is 6.93. The first-order valence-corrected chi connectivity index (χ1v) is 9.27. The second-order valence-corrected chi connectivity index (χ2v) is 6.93. The van der Waals surface area contributed by atoms with Gasteiger partial charge in [-0.25, -0.2) is 0 Å². The zero-order chi connectivity index (χ0) is 19.4. The largest absolute Gasteiger partial charge is 0.496 e. The van der Waals surface area contributed by atoms with Crippen LogP contribution in [0.5, 0.6) is 5.75 Å². The monoisotopic (exact) mass is 363 g/mol. The van der Waals surface area contributed by atoms with Crippen molar-refractivity contribution in [3.05, 3.63) is 64.2 Å². The van der Waals surface area contributed by atoms with Gasteiger partial charge in [-0.1, -0.05) is 12.1 Å². The normalized spacial score (nSPS) is 14.7. The van der Waals surface area contributed by atoms with E-state index >= 15 is 0 Å². The molecule has 1 heterocycles. The number of nitrogens with zero attached hydrogens (tertiary/aromatic N) is 2. The molecule has 1 fully saturated rings. The molecular formula is C22H25N3O2. The minimum Gasteiger partial charge on any atom is -0.496 e. The molecule has 1 atom stereocenters. The van der Waals surface area contributed by atoms with Crippen LogP contribution in [0.25, 0.3) is 0 Å². The molecule has 5 nitrogen and oxygen atoms in total. The number of ether oxygens (including phenoxy) is 1. The van der Waals surface area contributed by atoms with Crippen LogP contribution >= 0.6 is 0 Å². The summed E-state index contributed by atoms with van der Waals surface area (Å²) >= 11 is 0. The lowest BCUT2D eigenvalue weighted by molar-refractivity contribution is 0.0792. The molecule has 0 saturated carbocycles. The van der Waals surface area contributed by atoms with Crippen LogP contribution in [-0.2, 0) is 0 Å². The average molecular weight is 363 g/mol. The summed E-state index contributed by atoms with van der Waals surface area (Å²) in [6.07, 6.45) is 2.15. The van der Waals surface area contributed by atoms with Crippen molar-refractivity contribution in [2.45, 2.75) is 25.7 Å². The number of nitriles is 1. The van der Waals surface area contributed by atoms with Crippen LogP contribution in [-0.4, -0.2) is 37.6 Å². The van der Waals surface area contributed by atoms with E-state index < -0.39 is 0 Å². The molecular weight excluding hydrogens is 338 g/mol. The minimum atomic E-state index is -0.108. The van der Waals surface area contributed by atoms with Gasteiger partial charge in [0.2, 0.25) is 0 Å². The van der Waals surface area contributed by atoms with Gasteiger partial charge in [-0.2, -0.15) is 5.26 Å². The van der Waals surface area contributed by atoms with Gasteiger partial charge in [0.25, 0.3) is 5.91 Å². The van der Waals surface area contributed by atoms with E-state index in [2.05, 4.69) is 6.07 Å². The first-order chi connectivity index (χ1) is 13.1. The molecule has 3 rings (SSSR count). The first kappa shape index (κ1) is 18.9. The topological polar surface area (TPSA) is 79.3 Å². The van der Waals surface area contributed by atoms with Crippen LogP contribution in [0.4, 0.5) is 0 Å². The van der Waals surface area contributed by atoms with Crippen LogP contribution in [0.2, 0.25) is 0 Å². The van der Waals surface area contributed by atoms with Crippen molar-refractivity contribution in [1.82, 2.24) is 4.90 Å². The molecule has 1 saturated heterocycles. The molecule has 0 aliphatic carbocycles. The lowest BCUT2D eigenvalue weighted by atomic mass is 9.88. The van der Waals surface area contributed by atoms with Crippen LogP contribution in [0.3, 0.4) is 0 Å². The predicted octanol–water partition coefficient (Wildman–Crippen LogP) is 3.20. The number of hydrogen-bond donors (Lipinski definition) is 1. The highest BCUT2D eigenvalue weighted by atomic mass is 16.5. The van der Waals surface area contributed by atoms with Crippen molar-refractivity contribution >= 4 is 5.91 Å². The minimum absolute atomic E-state index is 0.102. The Morgan fingerprint density at radius 1 is 1.26 bits per heavy atom. The van der Waals surface area contributed by atoms with Gasteiger partial charge in [0.05, 0.1) is 18.7 Å². The van der Waals surface area contributed by atoms with Gasteiger partial charge in [-0.3, -0.25) is 4.79 Å². The van der Waals surface area contributed by atoms with E-state index in [9.17, 15) is 10.1 Å². The Kier molecular flexibility index (Phi) is 5.78. The number of amides is 1. The van der Waals surface area contributed by atoms with Crippen molar-refractivity contribution in [3.8, 4) is 11.8 Å².